The van der Waals surface area contributed by atoms with E-state index in [2.05, 4.69) is 20.6 Å². The molecule has 0 fully saturated rings. The van der Waals surface area contributed by atoms with Crippen LogP contribution in [0.5, 0.6) is 0 Å². The van der Waals surface area contributed by atoms with Gasteiger partial charge in [0.2, 0.25) is 0 Å². The number of rotatable bonds is 3. The van der Waals surface area contributed by atoms with Gasteiger partial charge in [0, 0.05) is 22.9 Å². The number of amides is 2. The molecule has 0 radical (unpaired) electrons. The molecule has 0 saturated carbocycles. The number of thiophene rings is 1. The monoisotopic (exact) mass is 298 g/mol. The highest BCUT2D eigenvalue weighted by atomic mass is 32.1. The first kappa shape index (κ1) is 13.5. The van der Waals surface area contributed by atoms with Crippen LogP contribution in [0.1, 0.15) is 6.92 Å². The van der Waals surface area contributed by atoms with Gasteiger partial charge in [0.15, 0.2) is 5.65 Å². The van der Waals surface area contributed by atoms with E-state index < -0.39 is 0 Å². The molecule has 3 aromatic heterocycles. The minimum absolute atomic E-state index is 0.265. The molecule has 0 aliphatic heterocycles. The van der Waals surface area contributed by atoms with E-state index in [0.717, 1.165) is 16.6 Å². The molecule has 0 aliphatic rings. The summed E-state index contributed by atoms with van der Waals surface area (Å²) in [6.45, 7) is 2.43. The number of aromatic nitrogens is 2. The summed E-state index contributed by atoms with van der Waals surface area (Å²) < 4.78 is 0. The molecule has 0 saturated heterocycles. The summed E-state index contributed by atoms with van der Waals surface area (Å²) in [6.07, 6.45) is 0. The summed E-state index contributed by atoms with van der Waals surface area (Å²) in [5.41, 5.74) is 2.57. The topological polar surface area (TPSA) is 66.9 Å². The fourth-order valence-corrected chi connectivity index (χ4v) is 2.61. The number of pyridine rings is 2. The first-order chi connectivity index (χ1) is 10.3. The van der Waals surface area contributed by atoms with Crippen LogP contribution in [0.4, 0.5) is 10.6 Å². The SMILES string of the molecule is CCNC(=O)Nc1ccc2ccc(-c3ccsc3)nc2n1. The lowest BCUT2D eigenvalue weighted by Gasteiger charge is -2.06. The van der Waals surface area contributed by atoms with E-state index in [1.807, 2.05) is 41.9 Å². The predicted octanol–water partition coefficient (Wildman–Crippen LogP) is 3.50. The molecular formula is C15H14N4OS. The lowest BCUT2D eigenvalue weighted by molar-refractivity contribution is 0.252. The van der Waals surface area contributed by atoms with Crippen LogP contribution < -0.4 is 10.6 Å². The van der Waals surface area contributed by atoms with Crippen LogP contribution in [0.2, 0.25) is 0 Å². The Hall–Kier alpha value is -2.47. The van der Waals surface area contributed by atoms with Gasteiger partial charge in [-0.2, -0.15) is 11.3 Å². The Bertz CT molecular complexity index is 770. The van der Waals surface area contributed by atoms with E-state index in [-0.39, 0.29) is 6.03 Å². The average molecular weight is 298 g/mol. The largest absolute Gasteiger partial charge is 0.338 e. The lowest BCUT2D eigenvalue weighted by Crippen LogP contribution is -2.28. The van der Waals surface area contributed by atoms with E-state index in [0.29, 0.717) is 18.0 Å². The number of nitrogens with zero attached hydrogens (tertiary/aromatic N) is 2. The first-order valence-corrected chi connectivity index (χ1v) is 7.56. The van der Waals surface area contributed by atoms with E-state index in [1.165, 1.54) is 0 Å². The van der Waals surface area contributed by atoms with Crippen molar-refractivity contribution in [3.8, 4) is 11.3 Å². The van der Waals surface area contributed by atoms with Gasteiger partial charge < -0.3 is 5.32 Å². The lowest BCUT2D eigenvalue weighted by atomic mass is 10.2. The van der Waals surface area contributed by atoms with Crippen LogP contribution in [0.25, 0.3) is 22.3 Å². The first-order valence-electron chi connectivity index (χ1n) is 6.61. The molecule has 0 unspecified atom stereocenters. The van der Waals surface area contributed by atoms with Crippen molar-refractivity contribution in [2.75, 3.05) is 11.9 Å². The third-order valence-electron chi connectivity index (χ3n) is 2.95. The highest BCUT2D eigenvalue weighted by Crippen LogP contribution is 2.23. The van der Waals surface area contributed by atoms with Crippen LogP contribution >= 0.6 is 11.3 Å². The molecule has 0 spiro atoms. The summed E-state index contributed by atoms with van der Waals surface area (Å²) in [5, 5.41) is 10.4. The molecule has 0 aromatic carbocycles. The van der Waals surface area contributed by atoms with Crippen LogP contribution in [0.15, 0.2) is 41.1 Å². The van der Waals surface area contributed by atoms with Crippen LogP contribution in [0, 0.1) is 0 Å². The second-order valence-electron chi connectivity index (χ2n) is 4.44. The van der Waals surface area contributed by atoms with E-state index in [1.54, 1.807) is 17.4 Å². The summed E-state index contributed by atoms with van der Waals surface area (Å²) in [4.78, 5) is 20.5. The third-order valence-corrected chi connectivity index (χ3v) is 3.63. The summed E-state index contributed by atoms with van der Waals surface area (Å²) in [5.74, 6) is 0.489. The Morgan fingerprint density at radius 1 is 1.19 bits per heavy atom. The third kappa shape index (κ3) is 3.00. The van der Waals surface area contributed by atoms with E-state index in [9.17, 15) is 4.79 Å². The smallest absolute Gasteiger partial charge is 0.320 e. The van der Waals surface area contributed by atoms with Crippen LogP contribution in [-0.4, -0.2) is 22.5 Å². The molecule has 2 amide bonds. The Kier molecular flexibility index (Phi) is 3.79. The molecule has 2 N–H and O–H groups in total. The molecule has 3 heterocycles. The maximum Gasteiger partial charge on any atom is 0.320 e. The van der Waals surface area contributed by atoms with Gasteiger partial charge >= 0.3 is 6.03 Å². The highest BCUT2D eigenvalue weighted by molar-refractivity contribution is 7.08. The summed E-state index contributed by atoms with van der Waals surface area (Å²) in [6, 6.07) is 9.38. The number of fused-ring (bicyclic) bond motifs is 1. The number of nitrogens with one attached hydrogen (secondary N) is 2. The van der Waals surface area contributed by atoms with Crippen LogP contribution in [-0.2, 0) is 0 Å². The molecule has 6 heteroatoms. The minimum atomic E-state index is -0.265. The zero-order valence-corrected chi connectivity index (χ0v) is 12.3. The highest BCUT2D eigenvalue weighted by Gasteiger charge is 2.06. The summed E-state index contributed by atoms with van der Waals surface area (Å²) in [7, 11) is 0. The standard InChI is InChI=1S/C15H14N4OS/c1-2-16-15(20)19-13-6-4-10-3-5-12(17-14(10)18-13)11-7-8-21-9-11/h3-9H,2H2,1H3,(H2,16,17,18,19,20). The number of anilines is 1. The Morgan fingerprint density at radius 3 is 2.81 bits per heavy atom. The number of hydrogen-bond acceptors (Lipinski definition) is 4. The molecule has 0 bridgehead atoms. The van der Waals surface area contributed by atoms with Gasteiger partial charge in [-0.25, -0.2) is 14.8 Å². The predicted molar refractivity (Wildman–Crippen MR) is 85.5 cm³/mol. The molecule has 0 aliphatic carbocycles. The van der Waals surface area contributed by atoms with Crippen molar-refractivity contribution in [1.29, 1.82) is 0 Å². The van der Waals surface area contributed by atoms with E-state index >= 15 is 0 Å². The van der Waals surface area contributed by atoms with Gasteiger partial charge in [0.25, 0.3) is 0 Å². The maximum atomic E-state index is 11.5. The Balaban J connectivity index is 1.94. The Morgan fingerprint density at radius 2 is 2.05 bits per heavy atom. The second-order valence-corrected chi connectivity index (χ2v) is 5.22. The van der Waals surface area contributed by atoms with Gasteiger partial charge in [0.05, 0.1) is 5.69 Å². The van der Waals surface area contributed by atoms with Gasteiger partial charge in [0.1, 0.15) is 5.82 Å². The number of carbonyl (C=O) groups is 1. The molecule has 21 heavy (non-hydrogen) atoms. The molecule has 3 rings (SSSR count). The van der Waals surface area contributed by atoms with Crippen molar-refractivity contribution < 1.29 is 4.79 Å². The molecule has 3 aromatic rings. The molecule has 5 nitrogen and oxygen atoms in total. The zero-order chi connectivity index (χ0) is 14.7. The van der Waals surface area contributed by atoms with Crippen LogP contribution in [0.3, 0.4) is 0 Å². The minimum Gasteiger partial charge on any atom is -0.338 e. The second kappa shape index (κ2) is 5.88. The number of carbonyl (C=O) groups excluding carboxylic acids is 1. The van der Waals surface area contributed by atoms with Crippen molar-refractivity contribution in [3.63, 3.8) is 0 Å². The number of urea groups is 1. The molecular weight excluding hydrogens is 284 g/mol. The van der Waals surface area contributed by atoms with Crippen molar-refractivity contribution in [2.24, 2.45) is 0 Å². The fraction of sp³-hybridized carbons (Fsp3) is 0.133. The zero-order valence-electron chi connectivity index (χ0n) is 11.5. The van der Waals surface area contributed by atoms with Gasteiger partial charge in [-0.1, -0.05) is 0 Å². The fourth-order valence-electron chi connectivity index (χ4n) is 1.96. The maximum absolute atomic E-state index is 11.5. The quantitative estimate of drug-likeness (QED) is 0.777. The van der Waals surface area contributed by atoms with Crippen molar-refractivity contribution in [2.45, 2.75) is 6.92 Å². The number of hydrogen-bond donors (Lipinski definition) is 2. The van der Waals surface area contributed by atoms with Crippen molar-refractivity contribution in [3.05, 3.63) is 41.1 Å². The molecule has 106 valence electrons. The normalized spacial score (nSPS) is 10.5. The average Bonchev–Trinajstić information content (AvgIpc) is 3.01. The van der Waals surface area contributed by atoms with Crippen molar-refractivity contribution in [1.82, 2.24) is 15.3 Å². The van der Waals surface area contributed by atoms with Crippen molar-refractivity contribution >= 4 is 34.2 Å². The summed E-state index contributed by atoms with van der Waals surface area (Å²) >= 11 is 1.63. The molecule has 0 atom stereocenters. The van der Waals surface area contributed by atoms with E-state index in [4.69, 9.17) is 0 Å². The Labute approximate surface area is 126 Å². The van der Waals surface area contributed by atoms with Gasteiger partial charge in [-0.15, -0.1) is 0 Å². The van der Waals surface area contributed by atoms with Gasteiger partial charge in [-0.05, 0) is 42.6 Å². The van der Waals surface area contributed by atoms with Gasteiger partial charge in [-0.3, -0.25) is 5.32 Å².